The van der Waals surface area contributed by atoms with Crippen molar-refractivity contribution in [2.75, 3.05) is 13.1 Å². The van der Waals surface area contributed by atoms with Crippen molar-refractivity contribution >= 4 is 0 Å². The van der Waals surface area contributed by atoms with Crippen LogP contribution in [0.1, 0.15) is 33.1 Å². The van der Waals surface area contributed by atoms with Crippen LogP contribution in [0.15, 0.2) is 0 Å². The molecular weight excluding hydrogens is 205 g/mol. The Morgan fingerprint density at radius 2 is 1.73 bits per heavy atom. The normalized spacial score (nSPS) is 12.5. The van der Waals surface area contributed by atoms with E-state index in [1.165, 1.54) is 0 Å². The first-order valence-corrected chi connectivity index (χ1v) is 4.95. The Bertz CT molecular complexity index is 216. The third-order valence-electron chi connectivity index (χ3n) is 2.04. The van der Waals surface area contributed by atoms with Crippen LogP contribution >= 0.6 is 0 Å². The molecule has 0 heterocycles. The Hall–Kier alpha value is -0.760. The van der Waals surface area contributed by atoms with E-state index in [-0.39, 0.29) is 6.42 Å². The summed E-state index contributed by atoms with van der Waals surface area (Å²) in [5.74, 6) is 0. The summed E-state index contributed by atoms with van der Waals surface area (Å²) in [4.78, 5) is 0. The number of nitrogens with one attached hydrogen (secondary N) is 1. The van der Waals surface area contributed by atoms with Gasteiger partial charge in [-0.15, -0.1) is 0 Å². The van der Waals surface area contributed by atoms with Crippen molar-refractivity contribution in [3.8, 4) is 6.07 Å². The van der Waals surface area contributed by atoms with Gasteiger partial charge in [-0.05, 0) is 39.8 Å². The van der Waals surface area contributed by atoms with Gasteiger partial charge in [-0.1, -0.05) is 0 Å². The quantitative estimate of drug-likeness (QED) is 0.701. The Balaban J connectivity index is 3.38. The highest BCUT2D eigenvalue weighted by molar-refractivity contribution is 4.91. The Morgan fingerprint density at radius 1 is 1.13 bits per heavy atom. The van der Waals surface area contributed by atoms with E-state index in [9.17, 15) is 13.2 Å². The fourth-order valence-corrected chi connectivity index (χ4v) is 0.996. The van der Waals surface area contributed by atoms with E-state index in [2.05, 4.69) is 11.4 Å². The van der Waals surface area contributed by atoms with Crippen LogP contribution in [0.25, 0.3) is 0 Å². The van der Waals surface area contributed by atoms with E-state index >= 15 is 0 Å². The molecule has 0 rings (SSSR count). The van der Waals surface area contributed by atoms with Gasteiger partial charge in [0, 0.05) is 6.42 Å². The number of hydrogen-bond acceptors (Lipinski definition) is 2. The maximum atomic E-state index is 11.7. The average Bonchev–Trinajstić information content (AvgIpc) is 2.09. The highest BCUT2D eigenvalue weighted by Gasteiger charge is 2.25. The molecule has 0 atom stereocenters. The molecule has 15 heavy (non-hydrogen) atoms. The molecule has 0 fully saturated rings. The van der Waals surface area contributed by atoms with Gasteiger partial charge >= 0.3 is 6.18 Å². The molecule has 0 radical (unpaired) electrons. The molecule has 0 saturated heterocycles. The van der Waals surface area contributed by atoms with Crippen LogP contribution in [-0.4, -0.2) is 19.3 Å². The number of nitrogens with zero attached hydrogens (tertiary/aromatic N) is 1. The summed E-state index contributed by atoms with van der Waals surface area (Å²) in [5.41, 5.74) is -0.406. The van der Waals surface area contributed by atoms with Crippen LogP contribution in [0.3, 0.4) is 0 Å². The first-order chi connectivity index (χ1) is 6.77. The SMILES string of the molecule is CC(C)(C#N)CCNCCCC(F)(F)F. The fraction of sp³-hybridized carbons (Fsp3) is 0.900. The number of rotatable bonds is 6. The number of halogens is 3. The molecule has 0 bridgehead atoms. The summed E-state index contributed by atoms with van der Waals surface area (Å²) in [6, 6.07) is 2.14. The van der Waals surface area contributed by atoms with Crippen molar-refractivity contribution in [1.82, 2.24) is 5.32 Å². The van der Waals surface area contributed by atoms with Gasteiger partial charge in [-0.2, -0.15) is 18.4 Å². The molecule has 1 N–H and O–H groups in total. The molecule has 0 aromatic rings. The molecule has 88 valence electrons. The predicted octanol–water partition coefficient (Wildman–Crippen LogP) is 2.86. The molecule has 0 aliphatic carbocycles. The van der Waals surface area contributed by atoms with Crippen LogP contribution in [0.5, 0.6) is 0 Å². The zero-order chi connectivity index (χ0) is 11.9. The number of hydrogen-bond donors (Lipinski definition) is 1. The van der Waals surface area contributed by atoms with Crippen LogP contribution < -0.4 is 5.32 Å². The zero-order valence-electron chi connectivity index (χ0n) is 9.12. The molecular formula is C10H17F3N2. The first-order valence-electron chi connectivity index (χ1n) is 4.95. The first kappa shape index (κ1) is 14.2. The fourth-order valence-electron chi connectivity index (χ4n) is 0.996. The summed E-state index contributed by atoms with van der Waals surface area (Å²) in [6.45, 7) is 4.55. The van der Waals surface area contributed by atoms with Gasteiger partial charge < -0.3 is 5.32 Å². The minimum absolute atomic E-state index is 0.0937. The van der Waals surface area contributed by atoms with Crippen LogP contribution in [-0.2, 0) is 0 Å². The van der Waals surface area contributed by atoms with Gasteiger partial charge in [0.05, 0.1) is 11.5 Å². The molecule has 0 spiro atoms. The monoisotopic (exact) mass is 222 g/mol. The second kappa shape index (κ2) is 5.96. The lowest BCUT2D eigenvalue weighted by molar-refractivity contribution is -0.135. The molecule has 0 unspecified atom stereocenters. The highest BCUT2D eigenvalue weighted by atomic mass is 19.4. The van der Waals surface area contributed by atoms with E-state index in [0.29, 0.717) is 19.5 Å². The molecule has 0 aromatic heterocycles. The Morgan fingerprint density at radius 3 is 2.20 bits per heavy atom. The van der Waals surface area contributed by atoms with Crippen LogP contribution in [0, 0.1) is 16.7 Å². The highest BCUT2D eigenvalue weighted by Crippen LogP contribution is 2.21. The molecule has 0 aliphatic rings. The maximum absolute atomic E-state index is 11.7. The molecule has 0 amide bonds. The lowest BCUT2D eigenvalue weighted by atomic mass is 9.91. The van der Waals surface area contributed by atoms with Crippen LogP contribution in [0.2, 0.25) is 0 Å². The molecule has 0 aromatic carbocycles. The van der Waals surface area contributed by atoms with Gasteiger partial charge in [0.1, 0.15) is 0 Å². The van der Waals surface area contributed by atoms with Crippen LogP contribution in [0.4, 0.5) is 13.2 Å². The van der Waals surface area contributed by atoms with Gasteiger partial charge in [0.2, 0.25) is 0 Å². The zero-order valence-corrected chi connectivity index (χ0v) is 9.12. The predicted molar refractivity (Wildman–Crippen MR) is 52.2 cm³/mol. The van der Waals surface area contributed by atoms with E-state index in [4.69, 9.17) is 5.26 Å². The van der Waals surface area contributed by atoms with E-state index in [0.717, 1.165) is 0 Å². The van der Waals surface area contributed by atoms with Gasteiger partial charge in [0.15, 0.2) is 0 Å². The molecule has 0 aliphatic heterocycles. The van der Waals surface area contributed by atoms with E-state index in [1.807, 2.05) is 13.8 Å². The van der Waals surface area contributed by atoms with Crippen molar-refractivity contribution in [2.45, 2.75) is 39.3 Å². The molecule has 5 heteroatoms. The average molecular weight is 222 g/mol. The largest absolute Gasteiger partial charge is 0.389 e. The standard InChI is InChI=1S/C10H17F3N2/c1-9(2,8-14)5-7-15-6-3-4-10(11,12)13/h15H,3-7H2,1-2H3. The smallest absolute Gasteiger partial charge is 0.317 e. The lowest BCUT2D eigenvalue weighted by Crippen LogP contribution is -2.23. The third-order valence-corrected chi connectivity index (χ3v) is 2.04. The number of nitriles is 1. The minimum atomic E-state index is -4.06. The maximum Gasteiger partial charge on any atom is 0.389 e. The topological polar surface area (TPSA) is 35.8 Å². The van der Waals surface area contributed by atoms with Crippen molar-refractivity contribution < 1.29 is 13.2 Å². The summed E-state index contributed by atoms with van der Waals surface area (Å²) in [7, 11) is 0. The second-order valence-corrected chi connectivity index (χ2v) is 4.21. The minimum Gasteiger partial charge on any atom is -0.317 e. The summed E-state index contributed by atoms with van der Waals surface area (Å²) >= 11 is 0. The molecule has 2 nitrogen and oxygen atoms in total. The van der Waals surface area contributed by atoms with Gasteiger partial charge in [-0.25, -0.2) is 0 Å². The second-order valence-electron chi connectivity index (χ2n) is 4.21. The summed E-state index contributed by atoms with van der Waals surface area (Å²) < 4.78 is 35.2. The van der Waals surface area contributed by atoms with Gasteiger partial charge in [-0.3, -0.25) is 0 Å². The third kappa shape index (κ3) is 9.54. The Kier molecular flexibility index (Phi) is 5.66. The van der Waals surface area contributed by atoms with Crippen molar-refractivity contribution in [3.63, 3.8) is 0 Å². The lowest BCUT2D eigenvalue weighted by Gasteiger charge is -2.15. The van der Waals surface area contributed by atoms with Crippen molar-refractivity contribution in [3.05, 3.63) is 0 Å². The van der Waals surface area contributed by atoms with E-state index in [1.54, 1.807) is 0 Å². The molecule has 0 saturated carbocycles. The van der Waals surface area contributed by atoms with E-state index < -0.39 is 18.0 Å². The summed E-state index contributed by atoms with van der Waals surface area (Å²) in [6.07, 6.45) is -4.07. The van der Waals surface area contributed by atoms with Crippen molar-refractivity contribution in [1.29, 1.82) is 5.26 Å². The Labute approximate surface area is 88.5 Å². The van der Waals surface area contributed by atoms with Gasteiger partial charge in [0.25, 0.3) is 0 Å². The summed E-state index contributed by atoms with van der Waals surface area (Å²) in [5, 5.41) is 11.6. The number of alkyl halides is 3. The van der Waals surface area contributed by atoms with Crippen molar-refractivity contribution in [2.24, 2.45) is 5.41 Å².